The second-order valence-electron chi connectivity index (χ2n) is 5.19. The summed E-state index contributed by atoms with van der Waals surface area (Å²) >= 11 is 0. The minimum atomic E-state index is -1.50. The van der Waals surface area contributed by atoms with Gasteiger partial charge in [-0.2, -0.15) is 0 Å². The Bertz CT molecular complexity index is 500. The van der Waals surface area contributed by atoms with Crippen molar-refractivity contribution in [3.05, 3.63) is 29.6 Å². The van der Waals surface area contributed by atoms with Gasteiger partial charge >= 0.3 is 0 Å². The third-order valence-electron chi connectivity index (χ3n) is 3.65. The van der Waals surface area contributed by atoms with E-state index in [9.17, 15) is 18.0 Å². The maximum absolute atomic E-state index is 13.4. The van der Waals surface area contributed by atoms with Crippen molar-refractivity contribution < 1.29 is 18.0 Å². The number of hydrogen-bond acceptors (Lipinski definition) is 2. The molecule has 0 radical (unpaired) electrons. The predicted molar refractivity (Wildman–Crippen MR) is 74.5 cm³/mol. The second kappa shape index (κ2) is 7.33. The fourth-order valence-corrected chi connectivity index (χ4v) is 2.44. The molecule has 1 amide bonds. The molecule has 0 unspecified atom stereocenters. The van der Waals surface area contributed by atoms with Gasteiger partial charge in [0.05, 0.1) is 5.69 Å². The van der Waals surface area contributed by atoms with Crippen molar-refractivity contribution in [1.29, 1.82) is 0 Å². The second-order valence-corrected chi connectivity index (χ2v) is 5.19. The number of anilines is 1. The number of rotatable bonds is 4. The van der Waals surface area contributed by atoms with E-state index in [4.69, 9.17) is 0 Å². The maximum atomic E-state index is 13.4. The molecule has 1 aromatic carbocycles. The van der Waals surface area contributed by atoms with E-state index in [0.29, 0.717) is 0 Å². The smallest absolute Gasteiger partial charge is 0.224 e. The molecule has 1 fully saturated rings. The lowest BCUT2D eigenvalue weighted by molar-refractivity contribution is -0.130. The van der Waals surface area contributed by atoms with E-state index < -0.39 is 17.5 Å². The normalized spacial score (nSPS) is 15.7. The van der Waals surface area contributed by atoms with E-state index in [0.717, 1.165) is 50.9 Å². The van der Waals surface area contributed by atoms with Crippen molar-refractivity contribution >= 4 is 11.6 Å². The molecular weight excluding hydrogens is 281 g/mol. The van der Waals surface area contributed by atoms with Crippen LogP contribution >= 0.6 is 0 Å². The van der Waals surface area contributed by atoms with Crippen LogP contribution in [0.2, 0.25) is 0 Å². The fraction of sp³-hybridized carbons (Fsp3) is 0.533. The molecule has 21 heavy (non-hydrogen) atoms. The van der Waals surface area contributed by atoms with Gasteiger partial charge in [-0.05, 0) is 25.0 Å². The molecule has 116 valence electrons. The van der Waals surface area contributed by atoms with Gasteiger partial charge < -0.3 is 10.2 Å². The van der Waals surface area contributed by atoms with Crippen molar-refractivity contribution in [3.63, 3.8) is 0 Å². The Balaban J connectivity index is 1.83. The molecule has 1 aliphatic rings. The number of nitrogens with one attached hydrogen (secondary N) is 1. The highest BCUT2D eigenvalue weighted by Crippen LogP contribution is 2.19. The van der Waals surface area contributed by atoms with Crippen LogP contribution < -0.4 is 5.32 Å². The van der Waals surface area contributed by atoms with E-state index in [1.807, 2.05) is 4.90 Å². The van der Waals surface area contributed by atoms with E-state index in [2.05, 4.69) is 5.32 Å². The minimum Gasteiger partial charge on any atom is -0.382 e. The van der Waals surface area contributed by atoms with Crippen LogP contribution in [-0.2, 0) is 4.79 Å². The number of nitrogens with zero attached hydrogens (tertiary/aromatic N) is 1. The minimum absolute atomic E-state index is 0.00684. The van der Waals surface area contributed by atoms with Crippen LogP contribution in [0.1, 0.15) is 32.1 Å². The number of halogens is 3. The molecule has 0 aromatic heterocycles. The quantitative estimate of drug-likeness (QED) is 0.865. The lowest BCUT2D eigenvalue weighted by Crippen LogP contribution is -2.32. The zero-order valence-corrected chi connectivity index (χ0v) is 11.8. The Kier molecular flexibility index (Phi) is 5.47. The van der Waals surface area contributed by atoms with Gasteiger partial charge in [0.2, 0.25) is 5.91 Å². The summed E-state index contributed by atoms with van der Waals surface area (Å²) in [7, 11) is 0. The van der Waals surface area contributed by atoms with Crippen LogP contribution in [0.15, 0.2) is 12.1 Å². The van der Waals surface area contributed by atoms with Crippen LogP contribution in [0.4, 0.5) is 18.9 Å². The summed E-state index contributed by atoms with van der Waals surface area (Å²) in [4.78, 5) is 13.8. The van der Waals surface area contributed by atoms with Crippen molar-refractivity contribution in [2.75, 3.05) is 25.0 Å². The number of hydrogen-bond donors (Lipinski definition) is 1. The van der Waals surface area contributed by atoms with E-state index in [1.165, 1.54) is 0 Å². The first kappa shape index (κ1) is 15.7. The van der Waals surface area contributed by atoms with Gasteiger partial charge in [-0.1, -0.05) is 12.8 Å². The number of benzene rings is 1. The molecule has 0 saturated carbocycles. The Morgan fingerprint density at radius 3 is 2.38 bits per heavy atom. The predicted octanol–water partition coefficient (Wildman–Crippen LogP) is 3.31. The molecular formula is C15H19F3N2O. The summed E-state index contributed by atoms with van der Waals surface area (Å²) in [5, 5.41) is 2.64. The summed E-state index contributed by atoms with van der Waals surface area (Å²) in [6, 6.07) is 1.99. The first-order valence-corrected chi connectivity index (χ1v) is 7.24. The van der Waals surface area contributed by atoms with Crippen molar-refractivity contribution in [2.24, 2.45) is 0 Å². The summed E-state index contributed by atoms with van der Waals surface area (Å²) in [6.07, 6.45) is 4.51. The average molecular weight is 300 g/mol. The molecule has 0 spiro atoms. The third-order valence-corrected chi connectivity index (χ3v) is 3.65. The zero-order valence-electron chi connectivity index (χ0n) is 11.8. The molecule has 1 aromatic rings. The van der Waals surface area contributed by atoms with Gasteiger partial charge in [-0.3, -0.25) is 4.79 Å². The fourth-order valence-electron chi connectivity index (χ4n) is 2.44. The van der Waals surface area contributed by atoms with Crippen molar-refractivity contribution in [1.82, 2.24) is 4.90 Å². The Morgan fingerprint density at radius 2 is 1.71 bits per heavy atom. The molecule has 1 saturated heterocycles. The number of likely N-dealkylation sites (tertiary alicyclic amines) is 1. The molecule has 3 nitrogen and oxygen atoms in total. The largest absolute Gasteiger partial charge is 0.382 e. The van der Waals surface area contributed by atoms with Gasteiger partial charge in [0, 0.05) is 26.1 Å². The standard InChI is InChI=1S/C15H19F3N2O/c16-11-5-6-12(15(18)14(11)17)19-8-7-13(21)20-9-3-1-2-4-10-20/h5-6,19H,1-4,7-10H2. The van der Waals surface area contributed by atoms with E-state index >= 15 is 0 Å². The third kappa shape index (κ3) is 4.12. The lowest BCUT2D eigenvalue weighted by Gasteiger charge is -2.20. The molecule has 1 N–H and O–H groups in total. The van der Waals surface area contributed by atoms with Gasteiger partial charge in [0.1, 0.15) is 0 Å². The van der Waals surface area contributed by atoms with Crippen LogP contribution in [0, 0.1) is 17.5 Å². The summed E-state index contributed by atoms with van der Waals surface area (Å²) in [6.45, 7) is 1.72. The maximum Gasteiger partial charge on any atom is 0.224 e. The van der Waals surface area contributed by atoms with Crippen molar-refractivity contribution in [3.8, 4) is 0 Å². The molecule has 0 aliphatic carbocycles. The molecule has 1 aliphatic heterocycles. The van der Waals surface area contributed by atoms with Gasteiger partial charge in [0.25, 0.3) is 0 Å². The molecule has 6 heteroatoms. The lowest BCUT2D eigenvalue weighted by atomic mass is 10.2. The first-order valence-electron chi connectivity index (χ1n) is 7.24. The van der Waals surface area contributed by atoms with Crippen molar-refractivity contribution in [2.45, 2.75) is 32.1 Å². The van der Waals surface area contributed by atoms with Gasteiger partial charge in [0.15, 0.2) is 17.5 Å². The highest BCUT2D eigenvalue weighted by atomic mass is 19.2. The van der Waals surface area contributed by atoms with Crippen LogP contribution in [0.25, 0.3) is 0 Å². The average Bonchev–Trinajstić information content (AvgIpc) is 2.76. The summed E-state index contributed by atoms with van der Waals surface area (Å²) < 4.78 is 39.3. The van der Waals surface area contributed by atoms with E-state index in [1.54, 1.807) is 0 Å². The number of amides is 1. The molecule has 0 atom stereocenters. The zero-order chi connectivity index (χ0) is 15.2. The molecule has 2 rings (SSSR count). The molecule has 0 bridgehead atoms. The summed E-state index contributed by atoms with van der Waals surface area (Å²) in [5.41, 5.74) is -0.127. The van der Waals surface area contributed by atoms with E-state index in [-0.39, 0.29) is 24.6 Å². The first-order chi connectivity index (χ1) is 10.1. The Labute approximate surface area is 122 Å². The number of carbonyl (C=O) groups is 1. The van der Waals surface area contributed by atoms with Gasteiger partial charge in [-0.25, -0.2) is 13.2 Å². The number of carbonyl (C=O) groups excluding carboxylic acids is 1. The van der Waals surface area contributed by atoms with Gasteiger partial charge in [-0.15, -0.1) is 0 Å². The van der Waals surface area contributed by atoms with Crippen LogP contribution in [0.3, 0.4) is 0 Å². The Morgan fingerprint density at radius 1 is 1.05 bits per heavy atom. The topological polar surface area (TPSA) is 32.3 Å². The SMILES string of the molecule is O=C(CCNc1ccc(F)c(F)c1F)N1CCCCCC1. The van der Waals surface area contributed by atoms with Crippen LogP contribution in [0.5, 0.6) is 0 Å². The monoisotopic (exact) mass is 300 g/mol. The van der Waals surface area contributed by atoms with Crippen LogP contribution in [-0.4, -0.2) is 30.4 Å². The Hall–Kier alpha value is -1.72. The summed E-state index contributed by atoms with van der Waals surface area (Å²) in [5.74, 6) is -3.97. The highest BCUT2D eigenvalue weighted by molar-refractivity contribution is 5.76. The molecule has 1 heterocycles. The highest BCUT2D eigenvalue weighted by Gasteiger charge is 2.16.